The first kappa shape index (κ1) is 20.8. The Morgan fingerprint density at radius 2 is 1.97 bits per heavy atom. The molecule has 0 saturated carbocycles. The van der Waals surface area contributed by atoms with E-state index in [1.165, 1.54) is 4.90 Å². The lowest BCUT2D eigenvalue weighted by Crippen LogP contribution is -2.56. The Balaban J connectivity index is 1.42. The number of imide groups is 1. The van der Waals surface area contributed by atoms with Crippen LogP contribution in [0.25, 0.3) is 0 Å². The van der Waals surface area contributed by atoms with Crippen molar-refractivity contribution >= 4 is 17.8 Å². The number of hydrogen-bond donors (Lipinski definition) is 1. The van der Waals surface area contributed by atoms with Crippen molar-refractivity contribution in [2.45, 2.75) is 57.5 Å². The van der Waals surface area contributed by atoms with Gasteiger partial charge in [0, 0.05) is 26.2 Å². The zero-order valence-corrected chi connectivity index (χ0v) is 18.0. The van der Waals surface area contributed by atoms with Gasteiger partial charge in [-0.3, -0.25) is 14.5 Å². The van der Waals surface area contributed by atoms with Crippen LogP contribution < -0.4 is 5.32 Å². The Morgan fingerprint density at radius 3 is 2.67 bits per heavy atom. The van der Waals surface area contributed by atoms with Crippen molar-refractivity contribution in [2.24, 2.45) is 0 Å². The lowest BCUT2D eigenvalue weighted by molar-refractivity contribution is -0.138. The van der Waals surface area contributed by atoms with Crippen LogP contribution in [0, 0.1) is 6.92 Å². The highest BCUT2D eigenvalue weighted by atomic mass is 16.2. The SMILES string of the molecule is CCN1CCC2(CC1)NC(=O)N([C@H]1CCCN(C(=O)Cc3cccc(C)c3)C1)C2=O. The molecular weight excluding hydrogens is 380 g/mol. The molecule has 3 aliphatic rings. The summed E-state index contributed by atoms with van der Waals surface area (Å²) >= 11 is 0. The first-order chi connectivity index (χ1) is 14.4. The smallest absolute Gasteiger partial charge is 0.325 e. The highest BCUT2D eigenvalue weighted by Crippen LogP contribution is 2.32. The Kier molecular flexibility index (Phi) is 5.82. The molecule has 3 heterocycles. The molecule has 0 aliphatic carbocycles. The molecular formula is C23H32N4O3. The zero-order chi connectivity index (χ0) is 21.3. The van der Waals surface area contributed by atoms with Gasteiger partial charge in [-0.1, -0.05) is 36.8 Å². The van der Waals surface area contributed by atoms with E-state index in [0.29, 0.717) is 32.4 Å². The number of carbonyl (C=O) groups is 3. The van der Waals surface area contributed by atoms with Crippen molar-refractivity contribution in [1.82, 2.24) is 20.0 Å². The summed E-state index contributed by atoms with van der Waals surface area (Å²) in [6.45, 7) is 7.85. The van der Waals surface area contributed by atoms with E-state index in [0.717, 1.165) is 43.6 Å². The van der Waals surface area contributed by atoms with Gasteiger partial charge in [0.2, 0.25) is 5.91 Å². The largest absolute Gasteiger partial charge is 0.340 e. The molecule has 3 saturated heterocycles. The van der Waals surface area contributed by atoms with Gasteiger partial charge in [0.15, 0.2) is 0 Å². The number of urea groups is 1. The monoisotopic (exact) mass is 412 g/mol. The van der Waals surface area contributed by atoms with Gasteiger partial charge >= 0.3 is 6.03 Å². The summed E-state index contributed by atoms with van der Waals surface area (Å²) in [4.78, 5) is 44.5. The quantitative estimate of drug-likeness (QED) is 0.767. The van der Waals surface area contributed by atoms with Gasteiger partial charge in [-0.05, 0) is 44.7 Å². The van der Waals surface area contributed by atoms with Gasteiger partial charge in [-0.15, -0.1) is 0 Å². The molecule has 4 amide bonds. The average molecular weight is 413 g/mol. The Labute approximate surface area is 178 Å². The molecule has 0 radical (unpaired) electrons. The lowest BCUT2D eigenvalue weighted by Gasteiger charge is -2.39. The van der Waals surface area contributed by atoms with Gasteiger partial charge in [0.05, 0.1) is 12.5 Å². The van der Waals surface area contributed by atoms with Gasteiger partial charge in [-0.25, -0.2) is 4.79 Å². The van der Waals surface area contributed by atoms with Crippen molar-refractivity contribution in [3.63, 3.8) is 0 Å². The highest BCUT2D eigenvalue weighted by molar-refractivity contribution is 6.07. The van der Waals surface area contributed by atoms with Crippen LogP contribution in [0.1, 0.15) is 43.7 Å². The number of rotatable bonds is 4. The molecule has 1 aromatic rings. The summed E-state index contributed by atoms with van der Waals surface area (Å²) in [5, 5.41) is 3.01. The molecule has 0 unspecified atom stereocenters. The van der Waals surface area contributed by atoms with Crippen LogP contribution in [0.2, 0.25) is 0 Å². The van der Waals surface area contributed by atoms with E-state index in [4.69, 9.17) is 0 Å². The fraction of sp³-hybridized carbons (Fsp3) is 0.609. The van der Waals surface area contributed by atoms with Crippen LogP contribution in [0.4, 0.5) is 4.79 Å². The van der Waals surface area contributed by atoms with Crippen molar-refractivity contribution in [3.05, 3.63) is 35.4 Å². The Bertz CT molecular complexity index is 831. The molecule has 4 rings (SSSR count). The third-order valence-corrected chi connectivity index (χ3v) is 6.90. The van der Waals surface area contributed by atoms with E-state index in [9.17, 15) is 14.4 Å². The van der Waals surface area contributed by atoms with E-state index in [2.05, 4.69) is 17.1 Å². The predicted octanol–water partition coefficient (Wildman–Crippen LogP) is 1.93. The standard InChI is InChI=1S/C23H32N4O3/c1-3-25-12-9-23(10-13-25)21(29)27(22(30)24-23)19-8-5-11-26(16-19)20(28)15-18-7-4-6-17(2)14-18/h4,6-7,14,19H,3,5,8-13,15-16H2,1-2H3,(H,24,30)/t19-/m0/s1. The molecule has 3 fully saturated rings. The number of nitrogens with zero attached hydrogens (tertiary/aromatic N) is 3. The van der Waals surface area contributed by atoms with E-state index in [1.54, 1.807) is 0 Å². The molecule has 1 N–H and O–H groups in total. The minimum absolute atomic E-state index is 0.0586. The van der Waals surface area contributed by atoms with Crippen LogP contribution in [0.5, 0.6) is 0 Å². The minimum Gasteiger partial charge on any atom is -0.340 e. The van der Waals surface area contributed by atoms with Crippen molar-refractivity contribution < 1.29 is 14.4 Å². The molecule has 0 aromatic heterocycles. The number of nitrogens with one attached hydrogen (secondary N) is 1. The number of carbonyl (C=O) groups excluding carboxylic acids is 3. The van der Waals surface area contributed by atoms with Crippen molar-refractivity contribution in [3.8, 4) is 0 Å². The Hall–Kier alpha value is -2.41. The summed E-state index contributed by atoms with van der Waals surface area (Å²) in [5.41, 5.74) is 1.38. The maximum atomic E-state index is 13.3. The minimum atomic E-state index is -0.753. The molecule has 30 heavy (non-hydrogen) atoms. The van der Waals surface area contributed by atoms with Gasteiger partial charge < -0.3 is 15.1 Å². The van der Waals surface area contributed by atoms with Crippen molar-refractivity contribution in [1.29, 1.82) is 0 Å². The third kappa shape index (κ3) is 3.95. The van der Waals surface area contributed by atoms with Crippen LogP contribution in [0.15, 0.2) is 24.3 Å². The molecule has 162 valence electrons. The summed E-state index contributed by atoms with van der Waals surface area (Å²) in [5.74, 6) is -0.0374. The summed E-state index contributed by atoms with van der Waals surface area (Å²) in [6.07, 6.45) is 3.23. The lowest BCUT2D eigenvalue weighted by atomic mass is 9.87. The number of likely N-dealkylation sites (tertiary alicyclic amines) is 2. The van der Waals surface area contributed by atoms with E-state index in [-0.39, 0.29) is 23.9 Å². The number of hydrogen-bond acceptors (Lipinski definition) is 4. The van der Waals surface area contributed by atoms with Crippen LogP contribution >= 0.6 is 0 Å². The molecule has 7 nitrogen and oxygen atoms in total. The van der Waals surface area contributed by atoms with Gasteiger partial charge in [0.1, 0.15) is 5.54 Å². The second kappa shape index (κ2) is 8.38. The second-order valence-corrected chi connectivity index (χ2v) is 8.92. The fourth-order valence-electron chi connectivity index (χ4n) is 5.06. The normalized spacial score (nSPS) is 24.4. The topological polar surface area (TPSA) is 73.0 Å². The maximum Gasteiger partial charge on any atom is 0.325 e. The second-order valence-electron chi connectivity index (χ2n) is 8.92. The molecule has 0 bridgehead atoms. The predicted molar refractivity (Wildman–Crippen MR) is 114 cm³/mol. The van der Waals surface area contributed by atoms with Crippen LogP contribution in [-0.4, -0.2) is 76.8 Å². The summed E-state index contributed by atoms with van der Waals surface area (Å²) in [7, 11) is 0. The number of amides is 4. The molecule has 1 atom stereocenters. The van der Waals surface area contributed by atoms with E-state index >= 15 is 0 Å². The third-order valence-electron chi connectivity index (χ3n) is 6.90. The van der Waals surface area contributed by atoms with Crippen LogP contribution in [0.3, 0.4) is 0 Å². The average Bonchev–Trinajstić information content (AvgIpc) is 2.98. The molecule has 1 aromatic carbocycles. The molecule has 7 heteroatoms. The van der Waals surface area contributed by atoms with Gasteiger partial charge in [0.25, 0.3) is 5.91 Å². The summed E-state index contributed by atoms with van der Waals surface area (Å²) in [6, 6.07) is 7.45. The maximum absolute atomic E-state index is 13.3. The van der Waals surface area contributed by atoms with Gasteiger partial charge in [-0.2, -0.15) is 0 Å². The Morgan fingerprint density at radius 1 is 1.20 bits per heavy atom. The fourth-order valence-corrected chi connectivity index (χ4v) is 5.06. The number of piperidine rings is 2. The van der Waals surface area contributed by atoms with Crippen LogP contribution in [-0.2, 0) is 16.0 Å². The van der Waals surface area contributed by atoms with E-state index < -0.39 is 5.54 Å². The van der Waals surface area contributed by atoms with E-state index in [1.807, 2.05) is 36.1 Å². The first-order valence-corrected chi connectivity index (χ1v) is 11.1. The van der Waals surface area contributed by atoms with Crippen molar-refractivity contribution in [2.75, 3.05) is 32.7 Å². The number of benzene rings is 1. The summed E-state index contributed by atoms with van der Waals surface area (Å²) < 4.78 is 0. The molecule has 1 spiro atoms. The first-order valence-electron chi connectivity index (χ1n) is 11.1. The highest BCUT2D eigenvalue weighted by Gasteiger charge is 2.54. The number of aryl methyl sites for hydroxylation is 1. The molecule has 3 aliphatic heterocycles. The zero-order valence-electron chi connectivity index (χ0n) is 18.0.